The summed E-state index contributed by atoms with van der Waals surface area (Å²) in [6.45, 7) is 11.9. The minimum atomic E-state index is -0.402. The van der Waals surface area contributed by atoms with Gasteiger partial charge in [-0.05, 0) is 55.7 Å². The van der Waals surface area contributed by atoms with E-state index in [0.29, 0.717) is 6.61 Å². The summed E-state index contributed by atoms with van der Waals surface area (Å²) in [5.74, 6) is 2.37. The minimum absolute atomic E-state index is 0.258. The van der Waals surface area contributed by atoms with Crippen molar-refractivity contribution in [3.63, 3.8) is 0 Å². The highest BCUT2D eigenvalue weighted by molar-refractivity contribution is 5.86. The molecule has 0 aliphatic heterocycles. The van der Waals surface area contributed by atoms with Gasteiger partial charge in [-0.3, -0.25) is 0 Å². The van der Waals surface area contributed by atoms with Gasteiger partial charge in [0, 0.05) is 0 Å². The number of rotatable bonds is 15. The fraction of sp³-hybridized carbons (Fsp3) is 0.720. The molecule has 0 aromatic carbocycles. The summed E-state index contributed by atoms with van der Waals surface area (Å²) in [5.41, 5.74) is 1.29. The predicted octanol–water partition coefficient (Wildman–Crippen LogP) is 7.82. The number of hydrogen-bond donors (Lipinski definition) is 0. The predicted molar refractivity (Wildman–Crippen MR) is 117 cm³/mol. The second kappa shape index (κ2) is 14.5. The smallest absolute Gasteiger partial charge is 0.374 e. The van der Waals surface area contributed by atoms with Crippen LogP contribution >= 0.6 is 0 Å². The molecular formula is C25H42O3. The Morgan fingerprint density at radius 2 is 1.61 bits per heavy atom. The highest BCUT2D eigenvalue weighted by atomic mass is 16.5. The molecule has 3 nitrogen and oxygen atoms in total. The SMILES string of the molecule is CC(=CCOC(=O)c1ccco1)CCCC(C)CCCC(C)CCCC(C)C. The monoisotopic (exact) mass is 390 g/mol. The summed E-state index contributed by atoms with van der Waals surface area (Å²) in [6, 6.07) is 3.30. The Kier molecular flexibility index (Phi) is 12.7. The van der Waals surface area contributed by atoms with Gasteiger partial charge in [-0.15, -0.1) is 0 Å². The van der Waals surface area contributed by atoms with Crippen LogP contribution in [0.5, 0.6) is 0 Å². The lowest BCUT2D eigenvalue weighted by molar-refractivity contribution is 0.0512. The van der Waals surface area contributed by atoms with Crippen molar-refractivity contribution in [1.29, 1.82) is 0 Å². The summed E-state index contributed by atoms with van der Waals surface area (Å²) in [5, 5.41) is 0. The quantitative estimate of drug-likeness (QED) is 0.226. The molecule has 1 rings (SSSR count). The molecule has 2 atom stereocenters. The van der Waals surface area contributed by atoms with Crippen LogP contribution in [0.4, 0.5) is 0 Å². The highest BCUT2D eigenvalue weighted by Gasteiger charge is 2.09. The third-order valence-corrected chi connectivity index (χ3v) is 5.51. The van der Waals surface area contributed by atoms with E-state index in [2.05, 4.69) is 34.6 Å². The molecule has 0 aliphatic rings. The maximum atomic E-state index is 11.7. The molecule has 1 aromatic heterocycles. The van der Waals surface area contributed by atoms with E-state index in [0.717, 1.165) is 24.2 Å². The van der Waals surface area contributed by atoms with E-state index >= 15 is 0 Å². The molecule has 0 amide bonds. The number of allylic oxidation sites excluding steroid dienone is 1. The van der Waals surface area contributed by atoms with Gasteiger partial charge in [-0.1, -0.05) is 78.2 Å². The van der Waals surface area contributed by atoms with Gasteiger partial charge in [-0.25, -0.2) is 4.79 Å². The molecule has 160 valence electrons. The molecule has 0 bridgehead atoms. The van der Waals surface area contributed by atoms with Gasteiger partial charge >= 0.3 is 5.97 Å². The van der Waals surface area contributed by atoms with Crippen LogP contribution in [0, 0.1) is 17.8 Å². The molecule has 0 saturated carbocycles. The molecule has 0 spiro atoms. The van der Waals surface area contributed by atoms with Crippen molar-refractivity contribution in [3.8, 4) is 0 Å². The van der Waals surface area contributed by atoms with Gasteiger partial charge in [0.05, 0.1) is 6.26 Å². The van der Waals surface area contributed by atoms with E-state index in [4.69, 9.17) is 9.15 Å². The second-order valence-electron chi connectivity index (χ2n) is 8.98. The van der Waals surface area contributed by atoms with Crippen LogP contribution in [-0.4, -0.2) is 12.6 Å². The Morgan fingerprint density at radius 1 is 1.00 bits per heavy atom. The summed E-state index contributed by atoms with van der Waals surface area (Å²) in [7, 11) is 0. The zero-order valence-corrected chi connectivity index (χ0v) is 18.8. The Labute approximate surface area is 172 Å². The molecule has 0 N–H and O–H groups in total. The highest BCUT2D eigenvalue weighted by Crippen LogP contribution is 2.22. The number of carbonyl (C=O) groups is 1. The average molecular weight is 391 g/mol. The Hall–Kier alpha value is -1.51. The van der Waals surface area contributed by atoms with E-state index in [-0.39, 0.29) is 5.76 Å². The van der Waals surface area contributed by atoms with Gasteiger partial charge in [0.15, 0.2) is 0 Å². The molecule has 0 fully saturated rings. The maximum absolute atomic E-state index is 11.7. The van der Waals surface area contributed by atoms with Crippen LogP contribution < -0.4 is 0 Å². The minimum Gasteiger partial charge on any atom is -0.457 e. The first kappa shape index (κ1) is 24.5. The van der Waals surface area contributed by atoms with Gasteiger partial charge in [0.25, 0.3) is 0 Å². The zero-order chi connectivity index (χ0) is 20.8. The van der Waals surface area contributed by atoms with Crippen LogP contribution in [0.1, 0.15) is 103 Å². The number of carbonyl (C=O) groups excluding carboxylic acids is 1. The van der Waals surface area contributed by atoms with Crippen LogP contribution in [0.15, 0.2) is 34.5 Å². The van der Waals surface area contributed by atoms with Crippen molar-refractivity contribution in [2.24, 2.45) is 17.8 Å². The number of esters is 1. The molecule has 0 aliphatic carbocycles. The maximum Gasteiger partial charge on any atom is 0.374 e. The van der Waals surface area contributed by atoms with Crippen LogP contribution in [0.2, 0.25) is 0 Å². The fourth-order valence-electron chi connectivity index (χ4n) is 3.53. The van der Waals surface area contributed by atoms with Gasteiger partial charge in [-0.2, -0.15) is 0 Å². The first-order valence-corrected chi connectivity index (χ1v) is 11.2. The Morgan fingerprint density at radius 3 is 2.18 bits per heavy atom. The molecule has 28 heavy (non-hydrogen) atoms. The van der Waals surface area contributed by atoms with Crippen molar-refractivity contribution in [2.75, 3.05) is 6.61 Å². The molecule has 1 aromatic rings. The van der Waals surface area contributed by atoms with Crippen molar-refractivity contribution in [3.05, 3.63) is 35.8 Å². The normalized spacial score (nSPS) is 14.3. The fourth-order valence-corrected chi connectivity index (χ4v) is 3.53. The summed E-state index contributed by atoms with van der Waals surface area (Å²) >= 11 is 0. The lowest BCUT2D eigenvalue weighted by Gasteiger charge is -2.15. The molecule has 1 heterocycles. The van der Waals surface area contributed by atoms with E-state index in [1.807, 2.05) is 6.08 Å². The first-order chi connectivity index (χ1) is 13.4. The Balaban J connectivity index is 2.05. The van der Waals surface area contributed by atoms with Crippen molar-refractivity contribution < 1.29 is 13.9 Å². The third kappa shape index (κ3) is 12.0. The van der Waals surface area contributed by atoms with E-state index in [1.165, 1.54) is 63.2 Å². The Bertz CT molecular complexity index is 542. The molecule has 2 unspecified atom stereocenters. The number of ether oxygens (including phenoxy) is 1. The van der Waals surface area contributed by atoms with E-state index < -0.39 is 5.97 Å². The van der Waals surface area contributed by atoms with Crippen molar-refractivity contribution in [2.45, 2.75) is 92.4 Å². The third-order valence-electron chi connectivity index (χ3n) is 5.51. The second-order valence-corrected chi connectivity index (χ2v) is 8.98. The summed E-state index contributed by atoms with van der Waals surface area (Å²) in [6.07, 6.45) is 15.3. The molecule has 0 radical (unpaired) electrons. The summed E-state index contributed by atoms with van der Waals surface area (Å²) in [4.78, 5) is 11.7. The largest absolute Gasteiger partial charge is 0.457 e. The first-order valence-electron chi connectivity index (χ1n) is 11.2. The van der Waals surface area contributed by atoms with Crippen LogP contribution in [0.25, 0.3) is 0 Å². The van der Waals surface area contributed by atoms with Crippen molar-refractivity contribution >= 4 is 5.97 Å². The van der Waals surface area contributed by atoms with Gasteiger partial charge in [0.1, 0.15) is 6.61 Å². The average Bonchev–Trinajstić information content (AvgIpc) is 3.16. The molecule has 3 heteroatoms. The van der Waals surface area contributed by atoms with Crippen LogP contribution in [-0.2, 0) is 4.74 Å². The molecule has 0 saturated heterocycles. The zero-order valence-electron chi connectivity index (χ0n) is 18.8. The lowest BCUT2D eigenvalue weighted by atomic mass is 9.91. The summed E-state index contributed by atoms with van der Waals surface area (Å²) < 4.78 is 10.2. The van der Waals surface area contributed by atoms with E-state index in [1.54, 1.807) is 12.1 Å². The van der Waals surface area contributed by atoms with Crippen LogP contribution in [0.3, 0.4) is 0 Å². The van der Waals surface area contributed by atoms with Crippen molar-refractivity contribution in [1.82, 2.24) is 0 Å². The van der Waals surface area contributed by atoms with Gasteiger partial charge < -0.3 is 9.15 Å². The standard InChI is InChI=1S/C25H42O3/c1-20(2)10-6-11-21(3)12-7-13-22(4)14-8-15-23(5)17-19-28-25(26)24-16-9-18-27-24/h9,16-18,20-22H,6-8,10-15,19H2,1-5H3. The van der Waals surface area contributed by atoms with Gasteiger partial charge in [0.2, 0.25) is 5.76 Å². The topological polar surface area (TPSA) is 39.4 Å². The number of furan rings is 1. The number of hydrogen-bond acceptors (Lipinski definition) is 3. The van der Waals surface area contributed by atoms with E-state index in [9.17, 15) is 4.79 Å². The lowest BCUT2D eigenvalue weighted by Crippen LogP contribution is -2.04. The molecular weight excluding hydrogens is 348 g/mol.